The van der Waals surface area contributed by atoms with Crippen molar-refractivity contribution < 1.29 is 0 Å². The first-order chi connectivity index (χ1) is 9.63. The zero-order chi connectivity index (χ0) is 14.2. The minimum Gasteiger partial charge on any atom is -0.329 e. The van der Waals surface area contributed by atoms with Crippen LogP contribution in [0.15, 0.2) is 0 Å². The first-order valence-electron chi connectivity index (χ1n) is 9.08. The van der Waals surface area contributed by atoms with E-state index in [4.69, 9.17) is 5.73 Å². The summed E-state index contributed by atoms with van der Waals surface area (Å²) in [7, 11) is 0. The molecular formula is C18H34N2. The van der Waals surface area contributed by atoms with Gasteiger partial charge in [-0.25, -0.2) is 0 Å². The monoisotopic (exact) mass is 278 g/mol. The van der Waals surface area contributed by atoms with E-state index in [1.165, 1.54) is 57.9 Å². The molecule has 0 aromatic rings. The van der Waals surface area contributed by atoms with Crippen LogP contribution in [0, 0.1) is 29.6 Å². The van der Waals surface area contributed by atoms with Gasteiger partial charge < -0.3 is 11.1 Å². The van der Waals surface area contributed by atoms with Crippen molar-refractivity contribution in [3.05, 3.63) is 0 Å². The Morgan fingerprint density at radius 2 is 1.70 bits per heavy atom. The molecule has 0 bridgehead atoms. The lowest BCUT2D eigenvalue weighted by molar-refractivity contribution is 0.144. The largest absolute Gasteiger partial charge is 0.329 e. The summed E-state index contributed by atoms with van der Waals surface area (Å²) in [6.07, 6.45) is 11.4. The number of hydrogen-bond acceptors (Lipinski definition) is 2. The van der Waals surface area contributed by atoms with Crippen molar-refractivity contribution in [1.29, 1.82) is 0 Å². The summed E-state index contributed by atoms with van der Waals surface area (Å²) in [4.78, 5) is 0. The van der Waals surface area contributed by atoms with Gasteiger partial charge in [-0.3, -0.25) is 0 Å². The number of nitrogens with one attached hydrogen (secondary N) is 1. The fraction of sp³-hybridized carbons (Fsp3) is 1.00. The predicted octanol–water partition coefficient (Wildman–Crippen LogP) is 3.56. The summed E-state index contributed by atoms with van der Waals surface area (Å²) < 4.78 is 0. The van der Waals surface area contributed by atoms with E-state index >= 15 is 0 Å². The van der Waals surface area contributed by atoms with Crippen molar-refractivity contribution in [2.24, 2.45) is 35.3 Å². The zero-order valence-corrected chi connectivity index (χ0v) is 13.5. The molecule has 20 heavy (non-hydrogen) atoms. The Balaban J connectivity index is 1.57. The van der Waals surface area contributed by atoms with Crippen LogP contribution >= 0.6 is 0 Å². The highest BCUT2D eigenvalue weighted by atomic mass is 15.0. The van der Waals surface area contributed by atoms with E-state index in [2.05, 4.69) is 19.2 Å². The third kappa shape index (κ3) is 3.39. The summed E-state index contributed by atoms with van der Waals surface area (Å²) in [5.41, 5.74) is 6.47. The summed E-state index contributed by atoms with van der Waals surface area (Å²) in [6, 6.07) is 0. The van der Waals surface area contributed by atoms with Gasteiger partial charge in [-0.1, -0.05) is 26.7 Å². The molecule has 2 nitrogen and oxygen atoms in total. The molecule has 0 radical (unpaired) electrons. The fourth-order valence-electron chi connectivity index (χ4n) is 4.50. The van der Waals surface area contributed by atoms with Gasteiger partial charge >= 0.3 is 0 Å². The van der Waals surface area contributed by atoms with E-state index in [0.29, 0.717) is 0 Å². The third-order valence-electron chi connectivity index (χ3n) is 6.38. The Morgan fingerprint density at radius 3 is 2.20 bits per heavy atom. The number of hydrogen-bond donors (Lipinski definition) is 2. The summed E-state index contributed by atoms with van der Waals surface area (Å²) in [6.45, 7) is 6.85. The molecule has 0 aromatic heterocycles. The first-order valence-corrected chi connectivity index (χ1v) is 9.08. The second-order valence-corrected chi connectivity index (χ2v) is 8.30. The van der Waals surface area contributed by atoms with E-state index in [1.54, 1.807) is 0 Å². The highest BCUT2D eigenvalue weighted by molar-refractivity contribution is 4.98. The Morgan fingerprint density at radius 1 is 1.05 bits per heavy atom. The molecule has 3 aliphatic rings. The molecular weight excluding hydrogens is 244 g/mol. The second kappa shape index (κ2) is 5.96. The highest BCUT2D eigenvalue weighted by Gasteiger charge is 2.43. The topological polar surface area (TPSA) is 38.0 Å². The molecule has 3 N–H and O–H groups in total. The average Bonchev–Trinajstić information content (AvgIpc) is 3.32. The maximum atomic E-state index is 6.21. The normalized spacial score (nSPS) is 35.0. The van der Waals surface area contributed by atoms with Gasteiger partial charge in [0.25, 0.3) is 0 Å². The highest BCUT2D eigenvalue weighted by Crippen LogP contribution is 2.49. The first kappa shape index (κ1) is 14.8. The van der Waals surface area contributed by atoms with Crippen LogP contribution in [0.4, 0.5) is 0 Å². The van der Waals surface area contributed by atoms with Gasteiger partial charge in [-0.15, -0.1) is 0 Å². The van der Waals surface area contributed by atoms with Crippen molar-refractivity contribution in [3.8, 4) is 0 Å². The zero-order valence-electron chi connectivity index (χ0n) is 13.5. The molecule has 0 saturated heterocycles. The molecule has 2 heteroatoms. The van der Waals surface area contributed by atoms with Crippen molar-refractivity contribution in [2.75, 3.05) is 13.1 Å². The molecule has 2 atom stereocenters. The maximum absolute atomic E-state index is 6.21. The fourth-order valence-corrected chi connectivity index (χ4v) is 4.50. The van der Waals surface area contributed by atoms with Crippen LogP contribution in [0.1, 0.15) is 65.2 Å². The van der Waals surface area contributed by atoms with Crippen LogP contribution in [0.25, 0.3) is 0 Å². The maximum Gasteiger partial charge on any atom is 0.0306 e. The second-order valence-electron chi connectivity index (χ2n) is 8.30. The third-order valence-corrected chi connectivity index (χ3v) is 6.38. The van der Waals surface area contributed by atoms with Crippen molar-refractivity contribution in [2.45, 2.75) is 70.8 Å². The standard InChI is InChI=1S/C18H34N2/c1-13(2)16-4-3-9-18(10-16,12-19)20-11-17(14-5-6-14)15-7-8-15/h13-17,20H,3-12,19H2,1-2H3. The molecule has 3 rings (SSSR count). The van der Waals surface area contributed by atoms with Gasteiger partial charge in [0.05, 0.1) is 0 Å². The van der Waals surface area contributed by atoms with Crippen molar-refractivity contribution in [1.82, 2.24) is 5.32 Å². The molecule has 3 aliphatic carbocycles. The molecule has 2 unspecified atom stereocenters. The Labute approximate surface area is 125 Å². The molecule has 0 aromatic carbocycles. The average molecular weight is 278 g/mol. The van der Waals surface area contributed by atoms with Gasteiger partial charge in [0.1, 0.15) is 0 Å². The van der Waals surface area contributed by atoms with Gasteiger partial charge in [0.2, 0.25) is 0 Å². The van der Waals surface area contributed by atoms with Crippen LogP contribution in [0.2, 0.25) is 0 Å². The quantitative estimate of drug-likeness (QED) is 0.747. The van der Waals surface area contributed by atoms with Gasteiger partial charge in [-0.2, -0.15) is 0 Å². The molecule has 3 fully saturated rings. The minimum absolute atomic E-state index is 0.259. The van der Waals surface area contributed by atoms with Crippen LogP contribution < -0.4 is 11.1 Å². The van der Waals surface area contributed by atoms with E-state index < -0.39 is 0 Å². The van der Waals surface area contributed by atoms with Crippen molar-refractivity contribution in [3.63, 3.8) is 0 Å². The summed E-state index contributed by atoms with van der Waals surface area (Å²) in [5.74, 6) is 4.76. The lowest BCUT2D eigenvalue weighted by atomic mass is 9.71. The van der Waals surface area contributed by atoms with E-state index in [-0.39, 0.29) is 5.54 Å². The van der Waals surface area contributed by atoms with E-state index in [1.807, 2.05) is 0 Å². The lowest BCUT2D eigenvalue weighted by Gasteiger charge is -2.43. The number of rotatable bonds is 7. The Hall–Kier alpha value is -0.0800. The summed E-state index contributed by atoms with van der Waals surface area (Å²) >= 11 is 0. The van der Waals surface area contributed by atoms with Crippen LogP contribution in [-0.2, 0) is 0 Å². The Kier molecular flexibility index (Phi) is 4.42. The smallest absolute Gasteiger partial charge is 0.0306 e. The van der Waals surface area contributed by atoms with Crippen LogP contribution in [-0.4, -0.2) is 18.6 Å². The van der Waals surface area contributed by atoms with Gasteiger partial charge in [0.15, 0.2) is 0 Å². The lowest BCUT2D eigenvalue weighted by Crippen LogP contribution is -2.56. The number of nitrogens with two attached hydrogens (primary N) is 1. The SMILES string of the molecule is CC(C)C1CCCC(CN)(NCC(C2CC2)C2CC2)C1. The van der Waals surface area contributed by atoms with E-state index in [9.17, 15) is 0 Å². The van der Waals surface area contributed by atoms with Crippen LogP contribution in [0.3, 0.4) is 0 Å². The van der Waals surface area contributed by atoms with Crippen molar-refractivity contribution >= 4 is 0 Å². The minimum atomic E-state index is 0.259. The Bertz CT molecular complexity index is 307. The summed E-state index contributed by atoms with van der Waals surface area (Å²) in [5, 5.41) is 3.99. The van der Waals surface area contributed by atoms with Crippen LogP contribution in [0.5, 0.6) is 0 Å². The molecule has 0 amide bonds. The van der Waals surface area contributed by atoms with Gasteiger partial charge in [0, 0.05) is 12.1 Å². The van der Waals surface area contributed by atoms with Gasteiger partial charge in [-0.05, 0) is 74.7 Å². The van der Waals surface area contributed by atoms with E-state index in [0.717, 1.165) is 36.1 Å². The molecule has 0 spiro atoms. The molecule has 3 saturated carbocycles. The predicted molar refractivity (Wildman–Crippen MR) is 85.5 cm³/mol. The molecule has 116 valence electrons. The molecule has 0 heterocycles. The molecule has 0 aliphatic heterocycles.